The van der Waals surface area contributed by atoms with Crippen LogP contribution in [0.15, 0.2) is 11.4 Å². The molecule has 0 radical (unpaired) electrons. The highest BCUT2D eigenvalue weighted by Gasteiger charge is 2.11. The lowest BCUT2D eigenvalue weighted by atomic mass is 10.3. The van der Waals surface area contributed by atoms with Crippen LogP contribution in [0.5, 0.6) is 0 Å². The molecule has 0 fully saturated rings. The quantitative estimate of drug-likeness (QED) is 0.572. The lowest BCUT2D eigenvalue weighted by Crippen LogP contribution is -2.02. The van der Waals surface area contributed by atoms with Crippen LogP contribution in [-0.4, -0.2) is 14.8 Å². The van der Waals surface area contributed by atoms with Gasteiger partial charge in [-0.2, -0.15) is 0 Å². The second kappa shape index (κ2) is 5.66. The first-order chi connectivity index (χ1) is 6.72. The second-order valence-electron chi connectivity index (χ2n) is 3.28. The maximum absolute atomic E-state index is 5.78. The molecule has 14 heavy (non-hydrogen) atoms. The number of aromatic nitrogens is 2. The van der Waals surface area contributed by atoms with Crippen molar-refractivity contribution in [2.24, 2.45) is 7.05 Å². The number of hydrogen-bond acceptors (Lipinski definition) is 2. The van der Waals surface area contributed by atoms with E-state index in [1.165, 1.54) is 12.8 Å². The molecule has 0 saturated carbocycles. The highest BCUT2D eigenvalue weighted by molar-refractivity contribution is 7.99. The molecule has 0 aliphatic heterocycles. The van der Waals surface area contributed by atoms with Crippen molar-refractivity contribution in [1.82, 2.24) is 9.55 Å². The van der Waals surface area contributed by atoms with E-state index in [9.17, 15) is 0 Å². The molecule has 0 aliphatic rings. The number of rotatable bonds is 5. The fourth-order valence-electron chi connectivity index (χ4n) is 1.26. The standard InChI is InChI=1S/C10H17ClN2S/c1-4-9(5-2)14-10-12-7-8(6-11)13(10)3/h7,9H,4-6H2,1-3H3. The maximum atomic E-state index is 5.78. The molecule has 0 amide bonds. The average Bonchev–Trinajstić information content (AvgIpc) is 2.56. The maximum Gasteiger partial charge on any atom is 0.168 e. The van der Waals surface area contributed by atoms with Crippen molar-refractivity contribution in [3.8, 4) is 0 Å². The molecule has 0 saturated heterocycles. The lowest BCUT2D eigenvalue weighted by molar-refractivity contribution is 0.740. The number of imidazole rings is 1. The topological polar surface area (TPSA) is 17.8 Å². The van der Waals surface area contributed by atoms with Crippen LogP contribution >= 0.6 is 23.4 Å². The summed E-state index contributed by atoms with van der Waals surface area (Å²) >= 11 is 7.62. The molecule has 0 atom stereocenters. The smallest absolute Gasteiger partial charge is 0.168 e. The molecular formula is C10H17ClN2S. The summed E-state index contributed by atoms with van der Waals surface area (Å²) < 4.78 is 2.08. The molecule has 1 aromatic heterocycles. The minimum atomic E-state index is 0.535. The first kappa shape index (κ1) is 11.9. The first-order valence-electron chi connectivity index (χ1n) is 4.96. The summed E-state index contributed by atoms with van der Waals surface area (Å²) in [5.74, 6) is 0.535. The third-order valence-corrected chi connectivity index (χ3v) is 4.23. The highest BCUT2D eigenvalue weighted by Crippen LogP contribution is 2.26. The van der Waals surface area contributed by atoms with Crippen LogP contribution in [0.4, 0.5) is 0 Å². The summed E-state index contributed by atoms with van der Waals surface area (Å²) in [4.78, 5) is 4.36. The molecule has 0 aromatic carbocycles. The van der Waals surface area contributed by atoms with Crippen LogP contribution in [-0.2, 0) is 12.9 Å². The van der Waals surface area contributed by atoms with Crippen molar-refractivity contribution < 1.29 is 0 Å². The van der Waals surface area contributed by atoms with Crippen LogP contribution in [0.25, 0.3) is 0 Å². The second-order valence-corrected chi connectivity index (χ2v) is 4.82. The summed E-state index contributed by atoms with van der Waals surface area (Å²) in [7, 11) is 2.02. The van der Waals surface area contributed by atoms with Gasteiger partial charge in [0.15, 0.2) is 5.16 Å². The van der Waals surface area contributed by atoms with Crippen molar-refractivity contribution >= 4 is 23.4 Å². The Bertz CT molecular complexity index is 282. The van der Waals surface area contributed by atoms with Crippen molar-refractivity contribution in [3.05, 3.63) is 11.9 Å². The van der Waals surface area contributed by atoms with Gasteiger partial charge in [-0.05, 0) is 12.8 Å². The molecule has 4 heteroatoms. The Morgan fingerprint density at radius 1 is 1.50 bits per heavy atom. The molecule has 0 unspecified atom stereocenters. The van der Waals surface area contributed by atoms with Gasteiger partial charge in [0.05, 0.1) is 17.8 Å². The lowest BCUT2D eigenvalue weighted by Gasteiger charge is -2.11. The summed E-state index contributed by atoms with van der Waals surface area (Å²) in [6.07, 6.45) is 4.23. The van der Waals surface area contributed by atoms with Crippen molar-refractivity contribution in [2.45, 2.75) is 43.0 Å². The normalized spacial score (nSPS) is 11.2. The Labute approximate surface area is 95.1 Å². The zero-order chi connectivity index (χ0) is 10.6. The zero-order valence-corrected chi connectivity index (χ0v) is 10.5. The summed E-state index contributed by atoms with van der Waals surface area (Å²) in [5.41, 5.74) is 1.08. The minimum Gasteiger partial charge on any atom is -0.325 e. The molecule has 1 rings (SSSR count). The Morgan fingerprint density at radius 2 is 2.14 bits per heavy atom. The van der Waals surface area contributed by atoms with Crippen LogP contribution in [0.2, 0.25) is 0 Å². The van der Waals surface area contributed by atoms with Crippen LogP contribution in [0, 0.1) is 0 Å². The summed E-state index contributed by atoms with van der Waals surface area (Å²) in [6.45, 7) is 4.43. The number of thioether (sulfide) groups is 1. The SMILES string of the molecule is CCC(CC)Sc1ncc(CCl)n1C. The van der Waals surface area contributed by atoms with Crippen molar-refractivity contribution in [1.29, 1.82) is 0 Å². The van der Waals surface area contributed by atoms with Crippen LogP contribution in [0.3, 0.4) is 0 Å². The predicted molar refractivity (Wildman–Crippen MR) is 63.0 cm³/mol. The van der Waals surface area contributed by atoms with Gasteiger partial charge in [0.25, 0.3) is 0 Å². The van der Waals surface area contributed by atoms with E-state index in [0.717, 1.165) is 10.9 Å². The van der Waals surface area contributed by atoms with E-state index in [1.807, 2.05) is 25.0 Å². The molecule has 1 heterocycles. The summed E-state index contributed by atoms with van der Waals surface area (Å²) in [6, 6.07) is 0. The van der Waals surface area contributed by atoms with Crippen molar-refractivity contribution in [2.75, 3.05) is 0 Å². The van der Waals surface area contributed by atoms with E-state index in [-0.39, 0.29) is 0 Å². The van der Waals surface area contributed by atoms with Gasteiger partial charge in [0.2, 0.25) is 0 Å². The third kappa shape index (κ3) is 2.67. The Hall–Kier alpha value is -0.150. The monoisotopic (exact) mass is 232 g/mol. The van der Waals surface area contributed by atoms with Gasteiger partial charge in [-0.25, -0.2) is 4.98 Å². The van der Waals surface area contributed by atoms with E-state index in [0.29, 0.717) is 11.1 Å². The van der Waals surface area contributed by atoms with E-state index in [1.54, 1.807) is 0 Å². The predicted octanol–water partition coefficient (Wildman–Crippen LogP) is 3.44. The Kier molecular flexibility index (Phi) is 4.82. The first-order valence-corrected chi connectivity index (χ1v) is 6.37. The molecule has 0 aliphatic carbocycles. The molecule has 0 bridgehead atoms. The van der Waals surface area contributed by atoms with Crippen molar-refractivity contribution in [3.63, 3.8) is 0 Å². The fourth-order valence-corrected chi connectivity index (χ4v) is 2.53. The molecule has 2 nitrogen and oxygen atoms in total. The zero-order valence-electron chi connectivity index (χ0n) is 8.96. The van der Waals surface area contributed by atoms with Gasteiger partial charge in [0.1, 0.15) is 0 Å². The number of halogens is 1. The largest absolute Gasteiger partial charge is 0.325 e. The Balaban J connectivity index is 2.71. The summed E-state index contributed by atoms with van der Waals surface area (Å²) in [5, 5.41) is 1.74. The molecule has 0 spiro atoms. The van der Waals surface area contributed by atoms with Gasteiger partial charge in [-0.1, -0.05) is 25.6 Å². The molecule has 80 valence electrons. The van der Waals surface area contributed by atoms with Crippen LogP contribution in [0.1, 0.15) is 32.4 Å². The van der Waals surface area contributed by atoms with Gasteiger partial charge in [0, 0.05) is 12.3 Å². The fraction of sp³-hybridized carbons (Fsp3) is 0.700. The Morgan fingerprint density at radius 3 is 2.57 bits per heavy atom. The number of hydrogen-bond donors (Lipinski definition) is 0. The van der Waals surface area contributed by atoms with Gasteiger partial charge >= 0.3 is 0 Å². The molecule has 1 aromatic rings. The van der Waals surface area contributed by atoms with E-state index in [4.69, 9.17) is 11.6 Å². The minimum absolute atomic E-state index is 0.535. The molecule has 0 N–H and O–H groups in total. The van der Waals surface area contributed by atoms with E-state index in [2.05, 4.69) is 23.4 Å². The third-order valence-electron chi connectivity index (χ3n) is 2.36. The van der Waals surface area contributed by atoms with E-state index >= 15 is 0 Å². The van der Waals surface area contributed by atoms with Gasteiger partial charge in [-0.3, -0.25) is 0 Å². The molecular weight excluding hydrogens is 216 g/mol. The number of nitrogens with zero attached hydrogens (tertiary/aromatic N) is 2. The number of alkyl halides is 1. The average molecular weight is 233 g/mol. The van der Waals surface area contributed by atoms with Crippen LogP contribution < -0.4 is 0 Å². The van der Waals surface area contributed by atoms with E-state index < -0.39 is 0 Å². The van der Waals surface area contributed by atoms with Gasteiger partial charge in [-0.15, -0.1) is 11.6 Å². The highest BCUT2D eigenvalue weighted by atomic mass is 35.5. The van der Waals surface area contributed by atoms with Gasteiger partial charge < -0.3 is 4.57 Å².